The van der Waals surface area contributed by atoms with Gasteiger partial charge in [0.1, 0.15) is 9.84 Å². The van der Waals surface area contributed by atoms with Crippen LogP contribution in [-0.2, 0) is 9.84 Å². The maximum atomic E-state index is 12.0. The van der Waals surface area contributed by atoms with Gasteiger partial charge in [0.05, 0.1) is 39.0 Å². The molecule has 1 amide bonds. The number of hydrogen-bond donors (Lipinski definition) is 2. The molecule has 2 aromatic heterocycles. The van der Waals surface area contributed by atoms with Gasteiger partial charge in [0.25, 0.3) is 0 Å². The molecule has 12 heteroatoms. The molecule has 0 unspecified atom stereocenters. The van der Waals surface area contributed by atoms with Crippen molar-refractivity contribution in [2.24, 2.45) is 0 Å². The molecule has 0 aliphatic heterocycles. The molecule has 3 aromatic rings. The number of aromatic amines is 1. The molecule has 0 aliphatic carbocycles. The first-order chi connectivity index (χ1) is 14.8. The van der Waals surface area contributed by atoms with Crippen LogP contribution < -0.4 is 24.3 Å². The van der Waals surface area contributed by atoms with E-state index in [2.05, 4.69) is 20.3 Å². The smallest absolute Gasteiger partial charge is 0.412 e. The number of fused-ring (bicyclic) bond motifs is 1. The van der Waals surface area contributed by atoms with Gasteiger partial charge in [-0.1, -0.05) is 0 Å². The monoisotopic (exact) mass is 450 g/mol. The minimum Gasteiger partial charge on any atom is -0.493 e. The molecule has 0 saturated heterocycles. The van der Waals surface area contributed by atoms with Gasteiger partial charge in [-0.2, -0.15) is 0 Å². The number of aromatic nitrogens is 3. The lowest BCUT2D eigenvalue weighted by Gasteiger charge is -2.13. The Hall–Kier alpha value is -3.54. The van der Waals surface area contributed by atoms with Gasteiger partial charge in [-0.15, -0.1) is 0 Å². The van der Waals surface area contributed by atoms with Crippen molar-refractivity contribution in [3.63, 3.8) is 0 Å². The van der Waals surface area contributed by atoms with Gasteiger partial charge in [-0.3, -0.25) is 0 Å². The topological polar surface area (TPSA) is 142 Å². The highest BCUT2D eigenvalue weighted by molar-refractivity contribution is 7.90. The molecule has 3 rings (SSSR count). The molecule has 0 spiro atoms. The van der Waals surface area contributed by atoms with Crippen molar-refractivity contribution >= 4 is 27.1 Å². The molecular weight excluding hydrogens is 428 g/mol. The fraction of sp³-hybridized carbons (Fsp3) is 0.316. The number of carbonyl (C=O) groups excluding carboxylic acids is 1. The molecule has 0 radical (unpaired) electrons. The first-order valence-corrected chi connectivity index (χ1v) is 11.1. The summed E-state index contributed by atoms with van der Waals surface area (Å²) in [6, 6.07) is 3.45. The van der Waals surface area contributed by atoms with E-state index in [4.69, 9.17) is 18.9 Å². The number of ether oxygens (including phenoxy) is 4. The quantitative estimate of drug-likeness (QED) is 0.525. The Morgan fingerprint density at radius 1 is 1.10 bits per heavy atom. The summed E-state index contributed by atoms with van der Waals surface area (Å²) in [7, 11) is 1.33. The maximum Gasteiger partial charge on any atom is 0.412 e. The van der Waals surface area contributed by atoms with E-state index in [0.717, 1.165) is 6.26 Å². The Kier molecular flexibility index (Phi) is 6.49. The fourth-order valence-electron chi connectivity index (χ4n) is 2.79. The number of amides is 1. The second kappa shape index (κ2) is 9.08. The van der Waals surface area contributed by atoms with E-state index >= 15 is 0 Å². The van der Waals surface area contributed by atoms with Gasteiger partial charge >= 0.3 is 6.09 Å². The molecule has 1 aromatic carbocycles. The Morgan fingerprint density at radius 2 is 1.77 bits per heavy atom. The number of H-pyrrole nitrogens is 1. The third kappa shape index (κ3) is 5.15. The summed E-state index contributed by atoms with van der Waals surface area (Å²) in [5.74, 6) is 1.30. The molecule has 0 aliphatic rings. The van der Waals surface area contributed by atoms with Crippen molar-refractivity contribution in [3.05, 3.63) is 24.5 Å². The van der Waals surface area contributed by atoms with Gasteiger partial charge in [-0.05, 0) is 12.1 Å². The molecule has 11 nitrogen and oxygen atoms in total. The molecular formula is C19H22N4O7S. The Morgan fingerprint density at radius 3 is 2.35 bits per heavy atom. The SMILES string of the molecule is COc1cc(-c2cnc3[nH]cc(OC(=O)NCCS(C)(=O)=O)c3n2)cc(OC)c1OC. The number of nitrogens with one attached hydrogen (secondary N) is 2. The van der Waals surface area contributed by atoms with Crippen molar-refractivity contribution in [1.29, 1.82) is 0 Å². The van der Waals surface area contributed by atoms with Gasteiger partial charge in [0.15, 0.2) is 28.4 Å². The first kappa shape index (κ1) is 22.2. The van der Waals surface area contributed by atoms with E-state index in [1.807, 2.05) is 0 Å². The van der Waals surface area contributed by atoms with Crippen LogP contribution in [-0.4, -0.2) is 69.3 Å². The van der Waals surface area contributed by atoms with E-state index in [1.165, 1.54) is 27.5 Å². The van der Waals surface area contributed by atoms with Crippen LogP contribution in [0.1, 0.15) is 0 Å². The van der Waals surface area contributed by atoms with Gasteiger partial charge in [0.2, 0.25) is 5.75 Å². The Balaban J connectivity index is 1.89. The van der Waals surface area contributed by atoms with Crippen LogP contribution in [0.15, 0.2) is 24.5 Å². The molecule has 0 bridgehead atoms. The standard InChI is InChI=1S/C19H22N4O7S/c1-27-13-7-11(8-14(28-2)17(13)29-3)12-9-21-18-16(23-12)15(10-22-18)30-19(24)20-5-6-31(4,25)26/h7-10H,5-6H2,1-4H3,(H,20,24)(H,21,22). The normalized spacial score (nSPS) is 11.2. The van der Waals surface area contributed by atoms with Crippen LogP contribution in [0.3, 0.4) is 0 Å². The number of benzene rings is 1. The summed E-state index contributed by atoms with van der Waals surface area (Å²) in [6.45, 7) is -0.0671. The minimum atomic E-state index is -3.20. The highest BCUT2D eigenvalue weighted by atomic mass is 32.2. The predicted molar refractivity (Wildman–Crippen MR) is 113 cm³/mol. The summed E-state index contributed by atoms with van der Waals surface area (Å²) in [5, 5.41) is 2.38. The van der Waals surface area contributed by atoms with Crippen molar-refractivity contribution < 1.29 is 32.2 Å². The first-order valence-electron chi connectivity index (χ1n) is 9.03. The molecule has 2 N–H and O–H groups in total. The number of carbonyl (C=O) groups is 1. The minimum absolute atomic E-state index is 0.0671. The lowest BCUT2D eigenvalue weighted by Crippen LogP contribution is -2.31. The number of sulfone groups is 1. The van der Waals surface area contributed by atoms with Crippen molar-refractivity contribution in [2.75, 3.05) is 39.9 Å². The average Bonchev–Trinajstić information content (AvgIpc) is 3.13. The summed E-state index contributed by atoms with van der Waals surface area (Å²) in [4.78, 5) is 23.7. The predicted octanol–water partition coefficient (Wildman–Crippen LogP) is 1.78. The molecule has 0 saturated carbocycles. The maximum absolute atomic E-state index is 12.0. The second-order valence-corrected chi connectivity index (χ2v) is 8.73. The van der Waals surface area contributed by atoms with Gasteiger partial charge in [0, 0.05) is 24.6 Å². The van der Waals surface area contributed by atoms with E-state index in [9.17, 15) is 13.2 Å². The lowest BCUT2D eigenvalue weighted by molar-refractivity contribution is 0.201. The molecule has 31 heavy (non-hydrogen) atoms. The Labute approximate surface area is 178 Å². The number of nitrogens with zero attached hydrogens (tertiary/aromatic N) is 2. The van der Waals surface area contributed by atoms with Crippen LogP contribution in [0.2, 0.25) is 0 Å². The average molecular weight is 450 g/mol. The second-order valence-electron chi connectivity index (χ2n) is 6.47. The third-order valence-electron chi connectivity index (χ3n) is 4.25. The van der Waals surface area contributed by atoms with Crippen LogP contribution in [0.4, 0.5) is 4.79 Å². The Bertz CT molecular complexity index is 1180. The summed E-state index contributed by atoms with van der Waals surface area (Å²) in [6.07, 6.45) is 3.28. The zero-order valence-corrected chi connectivity index (χ0v) is 18.2. The van der Waals surface area contributed by atoms with Crippen LogP contribution in [0.25, 0.3) is 22.4 Å². The molecule has 0 fully saturated rings. The van der Waals surface area contributed by atoms with E-state index in [0.29, 0.717) is 39.7 Å². The van der Waals surface area contributed by atoms with Gasteiger partial charge < -0.3 is 29.2 Å². The highest BCUT2D eigenvalue weighted by Gasteiger charge is 2.17. The summed E-state index contributed by atoms with van der Waals surface area (Å²) in [5.41, 5.74) is 1.86. The fourth-order valence-corrected chi connectivity index (χ4v) is 3.26. The van der Waals surface area contributed by atoms with Crippen molar-refractivity contribution in [3.8, 4) is 34.3 Å². The van der Waals surface area contributed by atoms with Gasteiger partial charge in [-0.25, -0.2) is 23.2 Å². The third-order valence-corrected chi connectivity index (χ3v) is 5.20. The van der Waals surface area contributed by atoms with E-state index in [1.54, 1.807) is 18.3 Å². The molecule has 0 atom stereocenters. The molecule has 166 valence electrons. The molecule has 2 heterocycles. The zero-order chi connectivity index (χ0) is 22.6. The number of methoxy groups -OCH3 is 3. The number of rotatable bonds is 8. The van der Waals surface area contributed by atoms with Crippen molar-refractivity contribution in [2.45, 2.75) is 0 Å². The summed E-state index contributed by atoms with van der Waals surface area (Å²) < 4.78 is 43.7. The van der Waals surface area contributed by atoms with Crippen LogP contribution >= 0.6 is 0 Å². The van der Waals surface area contributed by atoms with E-state index < -0.39 is 15.9 Å². The van der Waals surface area contributed by atoms with E-state index in [-0.39, 0.29) is 18.0 Å². The summed E-state index contributed by atoms with van der Waals surface area (Å²) >= 11 is 0. The van der Waals surface area contributed by atoms with Crippen LogP contribution in [0, 0.1) is 0 Å². The number of hydrogen-bond acceptors (Lipinski definition) is 9. The van der Waals surface area contributed by atoms with Crippen molar-refractivity contribution in [1.82, 2.24) is 20.3 Å². The zero-order valence-electron chi connectivity index (χ0n) is 17.4. The highest BCUT2D eigenvalue weighted by Crippen LogP contribution is 2.41. The lowest BCUT2D eigenvalue weighted by atomic mass is 10.1. The van der Waals surface area contributed by atoms with Crippen LogP contribution in [0.5, 0.6) is 23.0 Å². The largest absolute Gasteiger partial charge is 0.493 e.